The molecule has 126 valence electrons. The molecule has 2 rings (SSSR count). The van der Waals surface area contributed by atoms with Gasteiger partial charge in [0.2, 0.25) is 5.91 Å². The third kappa shape index (κ3) is 5.80. The predicted octanol–water partition coefficient (Wildman–Crippen LogP) is 3.64. The van der Waals surface area contributed by atoms with E-state index in [1.165, 1.54) is 0 Å². The molecule has 0 aliphatic carbocycles. The molecule has 0 aliphatic rings. The summed E-state index contributed by atoms with van der Waals surface area (Å²) >= 11 is 0. The third-order valence-corrected chi connectivity index (χ3v) is 3.42. The van der Waals surface area contributed by atoms with E-state index in [0.29, 0.717) is 19.8 Å². The Morgan fingerprint density at radius 3 is 2.33 bits per heavy atom. The van der Waals surface area contributed by atoms with Gasteiger partial charge in [0.15, 0.2) is 0 Å². The molecule has 0 spiro atoms. The van der Waals surface area contributed by atoms with E-state index in [1.54, 1.807) is 24.1 Å². The molecule has 0 aromatic heterocycles. The minimum atomic E-state index is -0.0550. The molecule has 0 atom stereocenters. The minimum Gasteiger partial charge on any atom is -0.494 e. The normalized spacial score (nSPS) is 10.6. The van der Waals surface area contributed by atoms with Crippen molar-refractivity contribution in [3.8, 4) is 11.5 Å². The van der Waals surface area contributed by atoms with Gasteiger partial charge < -0.3 is 14.4 Å². The van der Waals surface area contributed by atoms with E-state index in [2.05, 4.69) is 0 Å². The number of hydrogen-bond acceptors (Lipinski definition) is 3. The fourth-order valence-corrected chi connectivity index (χ4v) is 2.06. The molecule has 4 heteroatoms. The van der Waals surface area contributed by atoms with Crippen molar-refractivity contribution in [2.45, 2.75) is 6.92 Å². The number of hydrogen-bond donors (Lipinski definition) is 0. The van der Waals surface area contributed by atoms with Gasteiger partial charge in [-0.3, -0.25) is 4.79 Å². The van der Waals surface area contributed by atoms with Crippen molar-refractivity contribution in [1.82, 2.24) is 4.90 Å². The fraction of sp³-hybridized carbons (Fsp3) is 0.250. The fourth-order valence-electron chi connectivity index (χ4n) is 2.06. The third-order valence-electron chi connectivity index (χ3n) is 3.42. The lowest BCUT2D eigenvalue weighted by molar-refractivity contribution is -0.125. The standard InChI is InChI=1S/C20H23NO3/c1-3-23-19-12-9-17(10-13-19)11-14-20(22)21(2)15-16-24-18-7-5-4-6-8-18/h4-14H,3,15-16H2,1-2H3/b14-11+. The predicted molar refractivity (Wildman–Crippen MR) is 96.2 cm³/mol. The van der Waals surface area contributed by atoms with Crippen LogP contribution < -0.4 is 9.47 Å². The zero-order valence-electron chi connectivity index (χ0n) is 14.1. The molecule has 0 N–H and O–H groups in total. The highest BCUT2D eigenvalue weighted by Gasteiger charge is 2.04. The average molecular weight is 325 g/mol. The van der Waals surface area contributed by atoms with E-state index in [0.717, 1.165) is 17.1 Å². The average Bonchev–Trinajstić information content (AvgIpc) is 2.62. The van der Waals surface area contributed by atoms with Crippen LogP contribution in [0.15, 0.2) is 60.7 Å². The molecular formula is C20H23NO3. The van der Waals surface area contributed by atoms with Crippen LogP contribution >= 0.6 is 0 Å². The molecule has 24 heavy (non-hydrogen) atoms. The lowest BCUT2D eigenvalue weighted by atomic mass is 10.2. The first-order chi connectivity index (χ1) is 11.7. The zero-order chi connectivity index (χ0) is 17.2. The summed E-state index contributed by atoms with van der Waals surface area (Å²) in [5.74, 6) is 1.58. The number of carbonyl (C=O) groups is 1. The second kappa shape index (κ2) is 9.40. The number of rotatable bonds is 8. The van der Waals surface area contributed by atoms with Gasteiger partial charge in [-0.15, -0.1) is 0 Å². The van der Waals surface area contributed by atoms with Crippen molar-refractivity contribution < 1.29 is 14.3 Å². The molecule has 0 bridgehead atoms. The monoisotopic (exact) mass is 325 g/mol. The number of likely N-dealkylation sites (N-methyl/N-ethyl adjacent to an activating group) is 1. The lowest BCUT2D eigenvalue weighted by Gasteiger charge is -2.15. The Hall–Kier alpha value is -2.75. The van der Waals surface area contributed by atoms with Gasteiger partial charge in [0.05, 0.1) is 13.2 Å². The maximum atomic E-state index is 12.1. The van der Waals surface area contributed by atoms with Gasteiger partial charge in [-0.2, -0.15) is 0 Å². The van der Waals surface area contributed by atoms with Gasteiger partial charge in [-0.25, -0.2) is 0 Å². The Labute approximate surface area is 143 Å². The maximum Gasteiger partial charge on any atom is 0.246 e. The summed E-state index contributed by atoms with van der Waals surface area (Å²) in [6.45, 7) is 3.58. The quantitative estimate of drug-likeness (QED) is 0.696. The lowest BCUT2D eigenvalue weighted by Crippen LogP contribution is -2.29. The highest BCUT2D eigenvalue weighted by atomic mass is 16.5. The second-order valence-electron chi connectivity index (χ2n) is 5.26. The van der Waals surface area contributed by atoms with Gasteiger partial charge in [-0.1, -0.05) is 30.3 Å². The largest absolute Gasteiger partial charge is 0.494 e. The molecule has 2 aromatic carbocycles. The molecule has 2 aromatic rings. The van der Waals surface area contributed by atoms with Crippen LogP contribution in [0.25, 0.3) is 6.08 Å². The summed E-state index contributed by atoms with van der Waals surface area (Å²) in [4.78, 5) is 13.7. The van der Waals surface area contributed by atoms with E-state index in [4.69, 9.17) is 9.47 Å². The Bertz CT molecular complexity index is 650. The molecule has 0 aliphatic heterocycles. The number of amides is 1. The van der Waals surface area contributed by atoms with E-state index < -0.39 is 0 Å². The van der Waals surface area contributed by atoms with Gasteiger partial charge >= 0.3 is 0 Å². The van der Waals surface area contributed by atoms with E-state index >= 15 is 0 Å². The molecule has 0 radical (unpaired) electrons. The summed E-state index contributed by atoms with van der Waals surface area (Å²) in [6.07, 6.45) is 3.37. The Morgan fingerprint density at radius 2 is 1.67 bits per heavy atom. The smallest absolute Gasteiger partial charge is 0.246 e. The van der Waals surface area contributed by atoms with Crippen LogP contribution in [-0.4, -0.2) is 37.6 Å². The van der Waals surface area contributed by atoms with Gasteiger partial charge in [0.25, 0.3) is 0 Å². The van der Waals surface area contributed by atoms with Crippen LogP contribution in [0.5, 0.6) is 11.5 Å². The number of ether oxygens (including phenoxy) is 2. The van der Waals surface area contributed by atoms with E-state index in [1.807, 2.05) is 61.5 Å². The second-order valence-corrected chi connectivity index (χ2v) is 5.26. The number of carbonyl (C=O) groups excluding carboxylic acids is 1. The van der Waals surface area contributed by atoms with Gasteiger partial charge in [0.1, 0.15) is 18.1 Å². The molecule has 0 heterocycles. The highest BCUT2D eigenvalue weighted by Crippen LogP contribution is 2.13. The molecule has 1 amide bonds. The Balaban J connectivity index is 1.78. The van der Waals surface area contributed by atoms with Crippen molar-refractivity contribution in [2.75, 3.05) is 26.8 Å². The van der Waals surface area contributed by atoms with Gasteiger partial charge in [0, 0.05) is 13.1 Å². The molecule has 0 saturated carbocycles. The maximum absolute atomic E-state index is 12.1. The molecule has 0 unspecified atom stereocenters. The zero-order valence-corrected chi connectivity index (χ0v) is 14.1. The van der Waals surface area contributed by atoms with E-state index in [-0.39, 0.29) is 5.91 Å². The van der Waals surface area contributed by atoms with Crippen molar-refractivity contribution in [1.29, 1.82) is 0 Å². The van der Waals surface area contributed by atoms with Crippen molar-refractivity contribution in [2.24, 2.45) is 0 Å². The molecule has 4 nitrogen and oxygen atoms in total. The summed E-state index contributed by atoms with van der Waals surface area (Å²) in [5.41, 5.74) is 0.959. The van der Waals surface area contributed by atoms with Crippen molar-refractivity contribution >= 4 is 12.0 Å². The topological polar surface area (TPSA) is 38.8 Å². The van der Waals surface area contributed by atoms with Crippen LogP contribution in [0, 0.1) is 0 Å². The highest BCUT2D eigenvalue weighted by molar-refractivity contribution is 5.91. The number of nitrogens with zero attached hydrogens (tertiary/aromatic N) is 1. The summed E-state index contributed by atoms with van der Waals surface area (Å²) < 4.78 is 11.0. The molecule has 0 saturated heterocycles. The van der Waals surface area contributed by atoms with Crippen LogP contribution in [0.4, 0.5) is 0 Å². The minimum absolute atomic E-state index is 0.0550. The Morgan fingerprint density at radius 1 is 1.00 bits per heavy atom. The molecule has 0 fully saturated rings. The summed E-state index contributed by atoms with van der Waals surface area (Å²) in [6, 6.07) is 17.2. The van der Waals surface area contributed by atoms with E-state index in [9.17, 15) is 4.79 Å². The first-order valence-electron chi connectivity index (χ1n) is 8.03. The Kier molecular flexibility index (Phi) is 6.90. The van der Waals surface area contributed by atoms with Gasteiger partial charge in [-0.05, 0) is 42.8 Å². The summed E-state index contributed by atoms with van der Waals surface area (Å²) in [5, 5.41) is 0. The van der Waals surface area contributed by atoms with Crippen molar-refractivity contribution in [3.63, 3.8) is 0 Å². The number of benzene rings is 2. The first kappa shape index (κ1) is 17.6. The van der Waals surface area contributed by atoms with Crippen LogP contribution in [0.3, 0.4) is 0 Å². The van der Waals surface area contributed by atoms with Crippen LogP contribution in [0.2, 0.25) is 0 Å². The van der Waals surface area contributed by atoms with Crippen molar-refractivity contribution in [3.05, 3.63) is 66.2 Å². The van der Waals surface area contributed by atoms with Crippen LogP contribution in [0.1, 0.15) is 12.5 Å². The number of para-hydroxylation sites is 1. The van der Waals surface area contributed by atoms with Crippen LogP contribution in [-0.2, 0) is 4.79 Å². The molecular weight excluding hydrogens is 302 g/mol. The summed E-state index contributed by atoms with van der Waals surface area (Å²) in [7, 11) is 1.76. The SMILES string of the molecule is CCOc1ccc(/C=C/C(=O)N(C)CCOc2ccccc2)cc1. The first-order valence-corrected chi connectivity index (χ1v) is 8.03.